The Morgan fingerprint density at radius 1 is 1.15 bits per heavy atom. The van der Waals surface area contributed by atoms with Crippen LogP contribution in [-0.4, -0.2) is 46.2 Å². The van der Waals surface area contributed by atoms with Crippen LogP contribution in [0, 0.1) is 5.92 Å². The quantitative estimate of drug-likeness (QED) is 0.841. The molecule has 1 aromatic heterocycles. The molecule has 5 nitrogen and oxygen atoms in total. The van der Waals surface area contributed by atoms with Gasteiger partial charge < -0.3 is 9.80 Å². The van der Waals surface area contributed by atoms with Crippen LogP contribution in [0.15, 0.2) is 60.9 Å². The monoisotopic (exact) mass is 361 g/mol. The first-order valence-corrected chi connectivity index (χ1v) is 9.40. The molecule has 5 heteroatoms. The van der Waals surface area contributed by atoms with Gasteiger partial charge in [-0.05, 0) is 29.2 Å². The number of likely N-dealkylation sites (tertiary alicyclic amines) is 1. The molecule has 27 heavy (non-hydrogen) atoms. The van der Waals surface area contributed by atoms with Crippen molar-refractivity contribution in [1.82, 2.24) is 14.8 Å². The maximum atomic E-state index is 12.9. The second-order valence-corrected chi connectivity index (χ2v) is 7.17. The van der Waals surface area contributed by atoms with Gasteiger partial charge in [-0.2, -0.15) is 0 Å². The van der Waals surface area contributed by atoms with E-state index in [2.05, 4.69) is 23.2 Å². The summed E-state index contributed by atoms with van der Waals surface area (Å²) >= 11 is 0. The summed E-state index contributed by atoms with van der Waals surface area (Å²) in [6.45, 7) is 2.36. The Bertz CT molecular complexity index is 848. The highest BCUT2D eigenvalue weighted by Gasteiger charge is 2.36. The molecule has 2 aromatic rings. The lowest BCUT2D eigenvalue weighted by molar-refractivity contribution is -0.135. The first-order valence-electron chi connectivity index (χ1n) is 9.40. The molecular formula is C22H23N3O2. The third kappa shape index (κ3) is 3.92. The maximum absolute atomic E-state index is 12.9. The van der Waals surface area contributed by atoms with Crippen molar-refractivity contribution in [3.63, 3.8) is 0 Å². The fraction of sp³-hybridized carbons (Fsp3) is 0.318. The molecule has 1 aromatic carbocycles. The van der Waals surface area contributed by atoms with Gasteiger partial charge in [-0.25, -0.2) is 0 Å². The normalized spacial score (nSPS) is 19.9. The molecule has 1 saturated heterocycles. The van der Waals surface area contributed by atoms with Crippen molar-refractivity contribution in [2.45, 2.75) is 19.4 Å². The van der Waals surface area contributed by atoms with Crippen molar-refractivity contribution in [3.8, 4) is 0 Å². The Balaban J connectivity index is 1.36. The Labute approximate surface area is 159 Å². The molecule has 3 heterocycles. The lowest BCUT2D eigenvalue weighted by Crippen LogP contribution is -2.39. The molecule has 2 aliphatic rings. The van der Waals surface area contributed by atoms with E-state index < -0.39 is 0 Å². The van der Waals surface area contributed by atoms with E-state index in [0.29, 0.717) is 32.6 Å². The van der Waals surface area contributed by atoms with Gasteiger partial charge in [0.15, 0.2) is 0 Å². The average molecular weight is 361 g/mol. The van der Waals surface area contributed by atoms with Gasteiger partial charge in [0.1, 0.15) is 0 Å². The Morgan fingerprint density at radius 2 is 2.00 bits per heavy atom. The van der Waals surface area contributed by atoms with E-state index in [1.165, 1.54) is 11.1 Å². The fourth-order valence-electron chi connectivity index (χ4n) is 3.84. The summed E-state index contributed by atoms with van der Waals surface area (Å²) in [5, 5.41) is 0. The molecule has 2 amide bonds. The van der Waals surface area contributed by atoms with Crippen LogP contribution < -0.4 is 0 Å². The van der Waals surface area contributed by atoms with Crippen LogP contribution in [0.25, 0.3) is 5.57 Å². The molecule has 0 bridgehead atoms. The Morgan fingerprint density at radius 3 is 2.70 bits per heavy atom. The molecule has 0 radical (unpaired) electrons. The van der Waals surface area contributed by atoms with Gasteiger partial charge in [-0.1, -0.05) is 42.5 Å². The highest BCUT2D eigenvalue weighted by molar-refractivity contribution is 5.89. The Kier molecular flexibility index (Phi) is 5.01. The first kappa shape index (κ1) is 17.5. The Hall–Kier alpha value is -2.95. The van der Waals surface area contributed by atoms with E-state index in [1.807, 2.05) is 35.2 Å². The summed E-state index contributed by atoms with van der Waals surface area (Å²) in [6.07, 6.45) is 6.79. The molecule has 0 saturated carbocycles. The van der Waals surface area contributed by atoms with Gasteiger partial charge in [-0.15, -0.1) is 0 Å². The third-order valence-electron chi connectivity index (χ3n) is 5.33. The van der Waals surface area contributed by atoms with Gasteiger partial charge in [0.05, 0.1) is 5.92 Å². The molecule has 138 valence electrons. The smallest absolute Gasteiger partial charge is 0.228 e. The molecule has 1 atom stereocenters. The molecule has 0 N–H and O–H groups in total. The predicted molar refractivity (Wildman–Crippen MR) is 103 cm³/mol. The lowest BCUT2D eigenvalue weighted by atomic mass is 9.98. The van der Waals surface area contributed by atoms with E-state index >= 15 is 0 Å². The van der Waals surface area contributed by atoms with E-state index in [0.717, 1.165) is 12.0 Å². The number of pyridine rings is 1. The van der Waals surface area contributed by atoms with Crippen molar-refractivity contribution in [3.05, 3.63) is 72.1 Å². The van der Waals surface area contributed by atoms with Gasteiger partial charge in [0.25, 0.3) is 0 Å². The van der Waals surface area contributed by atoms with Gasteiger partial charge in [0, 0.05) is 45.0 Å². The number of amides is 2. The van der Waals surface area contributed by atoms with Crippen LogP contribution >= 0.6 is 0 Å². The lowest BCUT2D eigenvalue weighted by Gasteiger charge is -2.29. The largest absolute Gasteiger partial charge is 0.338 e. The van der Waals surface area contributed by atoms with Crippen LogP contribution in [0.3, 0.4) is 0 Å². The SMILES string of the molecule is O=C1CC(C(=O)N2CC=C(c3ccccc3)CC2)CN1Cc1cccnc1. The minimum absolute atomic E-state index is 0.0507. The summed E-state index contributed by atoms with van der Waals surface area (Å²) in [6, 6.07) is 14.1. The van der Waals surface area contributed by atoms with Crippen molar-refractivity contribution >= 4 is 17.4 Å². The maximum Gasteiger partial charge on any atom is 0.228 e. The number of hydrogen-bond donors (Lipinski definition) is 0. The number of rotatable bonds is 4. The second-order valence-electron chi connectivity index (χ2n) is 7.17. The van der Waals surface area contributed by atoms with E-state index in [-0.39, 0.29) is 17.7 Å². The third-order valence-corrected chi connectivity index (χ3v) is 5.33. The molecule has 0 aliphatic carbocycles. The number of benzene rings is 1. The standard InChI is InChI=1S/C22H23N3O2/c26-21-13-20(16-25(21)15-17-5-4-10-23-14-17)22(27)24-11-8-19(9-12-24)18-6-2-1-3-7-18/h1-8,10,14,20H,9,11-13,15-16H2. The number of nitrogens with zero attached hydrogens (tertiary/aromatic N) is 3. The zero-order valence-electron chi connectivity index (χ0n) is 15.3. The molecule has 2 aliphatic heterocycles. The van der Waals surface area contributed by atoms with Crippen LogP contribution in [-0.2, 0) is 16.1 Å². The van der Waals surface area contributed by atoms with Gasteiger partial charge in [0.2, 0.25) is 11.8 Å². The summed E-state index contributed by atoms with van der Waals surface area (Å²) in [7, 11) is 0. The molecule has 0 spiro atoms. The number of aromatic nitrogens is 1. The number of hydrogen-bond acceptors (Lipinski definition) is 3. The second kappa shape index (κ2) is 7.74. The van der Waals surface area contributed by atoms with Gasteiger partial charge >= 0.3 is 0 Å². The van der Waals surface area contributed by atoms with Crippen LogP contribution in [0.1, 0.15) is 24.0 Å². The summed E-state index contributed by atoms with van der Waals surface area (Å²) < 4.78 is 0. The van der Waals surface area contributed by atoms with Crippen LogP contribution in [0.5, 0.6) is 0 Å². The summed E-state index contributed by atoms with van der Waals surface area (Å²) in [5.74, 6) is -0.0871. The zero-order valence-corrected chi connectivity index (χ0v) is 15.3. The summed E-state index contributed by atoms with van der Waals surface area (Å²) in [5.41, 5.74) is 3.51. The number of carbonyl (C=O) groups is 2. The first-order chi connectivity index (χ1) is 13.2. The molecule has 1 fully saturated rings. The fourth-order valence-corrected chi connectivity index (χ4v) is 3.84. The van der Waals surface area contributed by atoms with Crippen LogP contribution in [0.2, 0.25) is 0 Å². The van der Waals surface area contributed by atoms with E-state index in [4.69, 9.17) is 0 Å². The van der Waals surface area contributed by atoms with Crippen molar-refractivity contribution in [2.75, 3.05) is 19.6 Å². The topological polar surface area (TPSA) is 53.5 Å². The number of carbonyl (C=O) groups excluding carboxylic acids is 2. The zero-order chi connectivity index (χ0) is 18.6. The predicted octanol–water partition coefficient (Wildman–Crippen LogP) is 2.75. The molecule has 1 unspecified atom stereocenters. The van der Waals surface area contributed by atoms with Crippen molar-refractivity contribution in [2.24, 2.45) is 5.92 Å². The summed E-state index contributed by atoms with van der Waals surface area (Å²) in [4.78, 5) is 33.0. The molecule has 4 rings (SSSR count). The van der Waals surface area contributed by atoms with Crippen LogP contribution in [0.4, 0.5) is 0 Å². The van der Waals surface area contributed by atoms with E-state index in [9.17, 15) is 9.59 Å². The van der Waals surface area contributed by atoms with Crippen molar-refractivity contribution < 1.29 is 9.59 Å². The van der Waals surface area contributed by atoms with Crippen molar-refractivity contribution in [1.29, 1.82) is 0 Å². The molecular weight excluding hydrogens is 338 g/mol. The minimum Gasteiger partial charge on any atom is -0.338 e. The average Bonchev–Trinajstić information content (AvgIpc) is 3.09. The van der Waals surface area contributed by atoms with E-state index in [1.54, 1.807) is 17.3 Å². The highest BCUT2D eigenvalue weighted by atomic mass is 16.2. The minimum atomic E-state index is -0.235. The van der Waals surface area contributed by atoms with Gasteiger partial charge in [-0.3, -0.25) is 14.6 Å². The highest BCUT2D eigenvalue weighted by Crippen LogP contribution is 2.26.